The van der Waals surface area contributed by atoms with Crippen LogP contribution in [0.3, 0.4) is 0 Å². The molecule has 3 heteroatoms. The fourth-order valence-corrected chi connectivity index (χ4v) is 2.79. The first-order chi connectivity index (χ1) is 9.08. The molecule has 0 radical (unpaired) electrons. The van der Waals surface area contributed by atoms with Crippen LogP contribution in [0.1, 0.15) is 39.3 Å². The lowest BCUT2D eigenvalue weighted by Crippen LogP contribution is -2.42. The molecule has 1 aliphatic rings. The first kappa shape index (κ1) is 14.4. The molecular formula is C16H26N2O. The van der Waals surface area contributed by atoms with Crippen molar-refractivity contribution in [2.75, 3.05) is 26.2 Å². The number of para-hydroxylation sites is 1. The number of fused-ring (bicyclic) bond motifs is 1. The van der Waals surface area contributed by atoms with Gasteiger partial charge in [0.25, 0.3) is 0 Å². The molecule has 3 nitrogen and oxygen atoms in total. The van der Waals surface area contributed by atoms with Crippen molar-refractivity contribution in [2.45, 2.75) is 39.3 Å². The van der Waals surface area contributed by atoms with E-state index in [1.54, 1.807) is 0 Å². The summed E-state index contributed by atoms with van der Waals surface area (Å²) in [5.41, 5.74) is 1.11. The van der Waals surface area contributed by atoms with Gasteiger partial charge in [0, 0.05) is 18.7 Å². The Kier molecular flexibility index (Phi) is 4.48. The van der Waals surface area contributed by atoms with Gasteiger partial charge >= 0.3 is 0 Å². The summed E-state index contributed by atoms with van der Waals surface area (Å²) < 4.78 is 6.04. The Morgan fingerprint density at radius 2 is 1.89 bits per heavy atom. The molecule has 1 aromatic carbocycles. The zero-order valence-corrected chi connectivity index (χ0v) is 12.6. The first-order valence-corrected chi connectivity index (χ1v) is 7.32. The number of hydrogen-bond donors (Lipinski definition) is 1. The summed E-state index contributed by atoms with van der Waals surface area (Å²) in [4.78, 5) is 2.43. The highest BCUT2D eigenvalue weighted by Gasteiger charge is 2.40. The minimum Gasteiger partial charge on any atom is -0.486 e. The van der Waals surface area contributed by atoms with Gasteiger partial charge in [0.15, 0.2) is 0 Å². The normalized spacial score (nSPS) is 20.4. The van der Waals surface area contributed by atoms with E-state index in [0.717, 1.165) is 31.9 Å². The molecule has 1 heterocycles. The Morgan fingerprint density at radius 3 is 2.58 bits per heavy atom. The van der Waals surface area contributed by atoms with Crippen LogP contribution >= 0.6 is 0 Å². The van der Waals surface area contributed by atoms with Gasteiger partial charge in [-0.2, -0.15) is 0 Å². The van der Waals surface area contributed by atoms with Gasteiger partial charge in [0.1, 0.15) is 11.4 Å². The highest BCUT2D eigenvalue weighted by molar-refractivity contribution is 5.42. The average molecular weight is 262 g/mol. The van der Waals surface area contributed by atoms with E-state index in [1.807, 2.05) is 6.07 Å². The van der Waals surface area contributed by atoms with E-state index in [2.05, 4.69) is 56.1 Å². The third kappa shape index (κ3) is 3.10. The fraction of sp³-hybridized carbons (Fsp3) is 0.625. The van der Waals surface area contributed by atoms with Crippen molar-refractivity contribution >= 4 is 0 Å². The largest absolute Gasteiger partial charge is 0.486 e. The molecule has 1 unspecified atom stereocenters. The number of hydrogen-bond acceptors (Lipinski definition) is 3. The van der Waals surface area contributed by atoms with Crippen LogP contribution in [-0.4, -0.2) is 36.7 Å². The molecule has 1 aliphatic heterocycles. The van der Waals surface area contributed by atoms with E-state index in [-0.39, 0.29) is 11.6 Å². The molecular weight excluding hydrogens is 236 g/mol. The lowest BCUT2D eigenvalue weighted by atomic mass is 9.94. The molecule has 0 amide bonds. The number of nitrogens with one attached hydrogen (secondary N) is 1. The van der Waals surface area contributed by atoms with Crippen LogP contribution in [0.5, 0.6) is 5.75 Å². The van der Waals surface area contributed by atoms with Gasteiger partial charge in [-0.1, -0.05) is 32.0 Å². The third-order valence-corrected chi connectivity index (χ3v) is 3.97. The lowest BCUT2D eigenvalue weighted by molar-refractivity contribution is 0.0951. The zero-order chi connectivity index (χ0) is 13.9. The molecule has 0 fully saturated rings. The van der Waals surface area contributed by atoms with Gasteiger partial charge in [-0.15, -0.1) is 0 Å². The quantitative estimate of drug-likeness (QED) is 0.853. The van der Waals surface area contributed by atoms with Crippen LogP contribution < -0.4 is 10.1 Å². The average Bonchev–Trinajstić information content (AvgIpc) is 2.65. The summed E-state index contributed by atoms with van der Waals surface area (Å²) in [5.74, 6) is 1.02. The highest BCUT2D eigenvalue weighted by atomic mass is 16.5. The van der Waals surface area contributed by atoms with Gasteiger partial charge in [0.2, 0.25) is 0 Å². The Labute approximate surface area is 116 Å². The van der Waals surface area contributed by atoms with Gasteiger partial charge in [-0.05, 0) is 33.0 Å². The van der Waals surface area contributed by atoms with Crippen LogP contribution in [0.4, 0.5) is 0 Å². The van der Waals surface area contributed by atoms with Crippen LogP contribution in [0.25, 0.3) is 0 Å². The molecule has 0 aromatic heterocycles. The second-order valence-electron chi connectivity index (χ2n) is 5.66. The summed E-state index contributed by atoms with van der Waals surface area (Å²) in [5, 5.41) is 3.66. The van der Waals surface area contributed by atoms with Crippen molar-refractivity contribution < 1.29 is 4.74 Å². The molecule has 1 aromatic rings. The second-order valence-corrected chi connectivity index (χ2v) is 5.66. The van der Waals surface area contributed by atoms with Gasteiger partial charge < -0.3 is 15.0 Å². The SMILES string of the molecule is CCN(CC)CCNC1c2ccccc2OC1(C)C. The summed E-state index contributed by atoms with van der Waals surface area (Å²) in [6.45, 7) is 13.0. The molecule has 0 saturated carbocycles. The van der Waals surface area contributed by atoms with Crippen LogP contribution in [0.15, 0.2) is 24.3 Å². The second kappa shape index (κ2) is 5.93. The molecule has 106 valence electrons. The topological polar surface area (TPSA) is 24.5 Å². The maximum atomic E-state index is 6.04. The number of likely N-dealkylation sites (N-methyl/N-ethyl adjacent to an activating group) is 1. The lowest BCUT2D eigenvalue weighted by Gasteiger charge is -2.28. The van der Waals surface area contributed by atoms with E-state index < -0.39 is 0 Å². The summed E-state index contributed by atoms with van der Waals surface area (Å²) in [6, 6.07) is 8.62. The number of rotatable bonds is 6. The van der Waals surface area contributed by atoms with Crippen molar-refractivity contribution in [2.24, 2.45) is 0 Å². The van der Waals surface area contributed by atoms with Crippen molar-refractivity contribution in [3.8, 4) is 5.75 Å². The molecule has 1 atom stereocenters. The van der Waals surface area contributed by atoms with Crippen LogP contribution in [0, 0.1) is 0 Å². The maximum absolute atomic E-state index is 6.04. The van der Waals surface area contributed by atoms with Gasteiger partial charge in [0.05, 0.1) is 6.04 Å². The van der Waals surface area contributed by atoms with E-state index in [1.165, 1.54) is 5.56 Å². The van der Waals surface area contributed by atoms with Crippen molar-refractivity contribution in [1.82, 2.24) is 10.2 Å². The smallest absolute Gasteiger partial charge is 0.125 e. The standard InChI is InChI=1S/C16H26N2O/c1-5-18(6-2)12-11-17-15-13-9-7-8-10-14(13)19-16(15,3)4/h7-10,15,17H,5-6,11-12H2,1-4H3. The molecule has 0 aliphatic carbocycles. The Hall–Kier alpha value is -1.06. The molecule has 0 bridgehead atoms. The molecule has 2 rings (SSSR count). The summed E-state index contributed by atoms with van der Waals surface area (Å²) in [6.07, 6.45) is 0. The predicted molar refractivity (Wildman–Crippen MR) is 79.7 cm³/mol. The monoisotopic (exact) mass is 262 g/mol. The molecule has 19 heavy (non-hydrogen) atoms. The minimum atomic E-state index is -0.174. The van der Waals surface area contributed by atoms with E-state index in [0.29, 0.717) is 0 Å². The summed E-state index contributed by atoms with van der Waals surface area (Å²) >= 11 is 0. The van der Waals surface area contributed by atoms with Crippen molar-refractivity contribution in [3.63, 3.8) is 0 Å². The van der Waals surface area contributed by atoms with Crippen molar-refractivity contribution in [3.05, 3.63) is 29.8 Å². The first-order valence-electron chi connectivity index (χ1n) is 7.32. The van der Waals surface area contributed by atoms with E-state index >= 15 is 0 Å². The number of ether oxygens (including phenoxy) is 1. The predicted octanol–water partition coefficient (Wildman–Crippen LogP) is 2.83. The van der Waals surface area contributed by atoms with Crippen LogP contribution in [0.2, 0.25) is 0 Å². The van der Waals surface area contributed by atoms with Crippen molar-refractivity contribution in [1.29, 1.82) is 0 Å². The van der Waals surface area contributed by atoms with Crippen LogP contribution in [-0.2, 0) is 0 Å². The fourth-order valence-electron chi connectivity index (χ4n) is 2.79. The highest BCUT2D eigenvalue weighted by Crippen LogP contribution is 2.42. The zero-order valence-electron chi connectivity index (χ0n) is 12.6. The molecule has 0 spiro atoms. The Morgan fingerprint density at radius 1 is 1.21 bits per heavy atom. The van der Waals surface area contributed by atoms with E-state index in [4.69, 9.17) is 4.74 Å². The van der Waals surface area contributed by atoms with E-state index in [9.17, 15) is 0 Å². The van der Waals surface area contributed by atoms with Gasteiger partial charge in [-0.3, -0.25) is 0 Å². The number of nitrogens with zero attached hydrogens (tertiary/aromatic N) is 1. The third-order valence-electron chi connectivity index (χ3n) is 3.97. The summed E-state index contributed by atoms with van der Waals surface area (Å²) in [7, 11) is 0. The Balaban J connectivity index is 1.99. The maximum Gasteiger partial charge on any atom is 0.125 e. The molecule has 1 N–H and O–H groups in total. The Bertz CT molecular complexity index is 413. The molecule has 0 saturated heterocycles. The number of benzene rings is 1. The minimum absolute atomic E-state index is 0.174. The van der Waals surface area contributed by atoms with Gasteiger partial charge in [-0.25, -0.2) is 0 Å².